The minimum Gasteiger partial charge on any atom is -0.485 e. The zero-order chi connectivity index (χ0) is 20.3. The van der Waals surface area contributed by atoms with Gasteiger partial charge in [-0.05, 0) is 31.0 Å². The summed E-state index contributed by atoms with van der Waals surface area (Å²) in [5.74, 6) is 1.55. The van der Waals surface area contributed by atoms with Crippen LogP contribution in [0.25, 0.3) is 16.9 Å². The lowest BCUT2D eigenvalue weighted by Crippen LogP contribution is -2.30. The summed E-state index contributed by atoms with van der Waals surface area (Å²) in [6.07, 6.45) is 3.63. The number of aromatic nitrogens is 5. The second-order valence-electron chi connectivity index (χ2n) is 7.01. The van der Waals surface area contributed by atoms with Gasteiger partial charge < -0.3 is 10.1 Å². The lowest BCUT2D eigenvalue weighted by molar-refractivity contribution is 0.251. The summed E-state index contributed by atoms with van der Waals surface area (Å²) < 4.78 is 7.52. The number of hydrogen-bond acceptors (Lipinski definition) is 6. The van der Waals surface area contributed by atoms with Crippen LogP contribution in [0.5, 0.6) is 5.75 Å². The molecular weight excluding hydrogens is 382 g/mol. The minimum absolute atomic E-state index is 0.171. The van der Waals surface area contributed by atoms with Crippen molar-refractivity contribution in [1.82, 2.24) is 30.1 Å². The second kappa shape index (κ2) is 7.78. The summed E-state index contributed by atoms with van der Waals surface area (Å²) in [5, 5.41) is 18.5. The first-order chi connectivity index (χ1) is 14.7. The molecule has 2 amide bonds. The molecule has 0 unspecified atom stereocenters. The van der Waals surface area contributed by atoms with Crippen molar-refractivity contribution in [3.8, 4) is 17.0 Å². The Morgan fingerprint density at radius 2 is 1.97 bits per heavy atom. The molecule has 4 aromatic rings. The molecule has 5 rings (SSSR count). The van der Waals surface area contributed by atoms with E-state index in [-0.39, 0.29) is 18.7 Å². The molecule has 1 aromatic carbocycles. The number of hydrogen-bond donors (Lipinski definition) is 2. The lowest BCUT2D eigenvalue weighted by atomic mass is 10.1. The number of nitrogens with one attached hydrogen (secondary N) is 2. The quantitative estimate of drug-likeness (QED) is 0.514. The van der Waals surface area contributed by atoms with Gasteiger partial charge in [0.2, 0.25) is 0 Å². The van der Waals surface area contributed by atoms with Crippen molar-refractivity contribution in [2.75, 3.05) is 5.32 Å². The standard InChI is InChI=1S/C21H19N7O2/c29-21(23-15-6-7-15)24-18-12-16(10-11-22-18)30-13-20-26-25-19-9-8-17(27-28(19)20)14-4-2-1-3-5-14/h1-5,8-12,15H,6-7,13H2,(H2,22,23,24,29). The Morgan fingerprint density at radius 3 is 2.80 bits per heavy atom. The van der Waals surface area contributed by atoms with Crippen molar-refractivity contribution < 1.29 is 9.53 Å². The van der Waals surface area contributed by atoms with Gasteiger partial charge in [-0.3, -0.25) is 5.32 Å². The number of ether oxygens (including phenoxy) is 1. The number of rotatable bonds is 6. The maximum absolute atomic E-state index is 11.9. The highest BCUT2D eigenvalue weighted by Gasteiger charge is 2.23. The van der Waals surface area contributed by atoms with E-state index in [1.807, 2.05) is 42.5 Å². The predicted octanol–water partition coefficient (Wildman–Crippen LogP) is 3.05. The SMILES string of the molecule is O=C(Nc1cc(OCc2nnc3ccc(-c4ccccc4)nn23)ccn1)NC1CC1. The summed E-state index contributed by atoms with van der Waals surface area (Å²) in [6.45, 7) is 0.171. The number of nitrogens with zero attached hydrogens (tertiary/aromatic N) is 5. The van der Waals surface area contributed by atoms with Crippen LogP contribution >= 0.6 is 0 Å². The molecule has 0 radical (unpaired) electrons. The normalized spacial score (nSPS) is 13.2. The Kier molecular flexibility index (Phi) is 4.68. The molecule has 0 saturated heterocycles. The fraction of sp³-hybridized carbons (Fsp3) is 0.190. The van der Waals surface area contributed by atoms with Crippen molar-refractivity contribution >= 4 is 17.5 Å². The molecule has 9 heteroatoms. The number of anilines is 1. The van der Waals surface area contributed by atoms with Crippen LogP contribution in [0.15, 0.2) is 60.8 Å². The van der Waals surface area contributed by atoms with Crippen LogP contribution in [-0.2, 0) is 6.61 Å². The fourth-order valence-corrected chi connectivity index (χ4v) is 2.97. The van der Waals surface area contributed by atoms with Crippen molar-refractivity contribution in [3.05, 3.63) is 66.6 Å². The van der Waals surface area contributed by atoms with E-state index in [9.17, 15) is 4.79 Å². The van der Waals surface area contributed by atoms with E-state index in [1.54, 1.807) is 22.8 Å². The van der Waals surface area contributed by atoms with E-state index in [0.717, 1.165) is 24.1 Å². The Hall–Kier alpha value is -4.01. The molecule has 9 nitrogen and oxygen atoms in total. The van der Waals surface area contributed by atoms with Gasteiger partial charge in [0.05, 0.1) is 5.69 Å². The third-order valence-corrected chi connectivity index (χ3v) is 4.65. The molecule has 0 spiro atoms. The average molecular weight is 401 g/mol. The van der Waals surface area contributed by atoms with Gasteiger partial charge >= 0.3 is 6.03 Å². The lowest BCUT2D eigenvalue weighted by Gasteiger charge is -2.08. The van der Waals surface area contributed by atoms with E-state index >= 15 is 0 Å². The number of carbonyl (C=O) groups excluding carboxylic acids is 1. The summed E-state index contributed by atoms with van der Waals surface area (Å²) in [6, 6.07) is 17.1. The third kappa shape index (κ3) is 4.04. The molecule has 1 saturated carbocycles. The maximum Gasteiger partial charge on any atom is 0.320 e. The topological polar surface area (TPSA) is 106 Å². The molecule has 1 aliphatic carbocycles. The third-order valence-electron chi connectivity index (χ3n) is 4.65. The molecule has 1 aliphatic rings. The monoisotopic (exact) mass is 401 g/mol. The van der Waals surface area contributed by atoms with Gasteiger partial charge in [0.25, 0.3) is 0 Å². The van der Waals surface area contributed by atoms with Gasteiger partial charge in [-0.15, -0.1) is 10.2 Å². The summed E-state index contributed by atoms with van der Waals surface area (Å²) in [4.78, 5) is 16.0. The Balaban J connectivity index is 1.30. The number of fused-ring (bicyclic) bond motifs is 1. The van der Waals surface area contributed by atoms with Crippen LogP contribution in [0, 0.1) is 0 Å². The molecule has 0 aliphatic heterocycles. The van der Waals surface area contributed by atoms with Crippen LogP contribution in [0.3, 0.4) is 0 Å². The molecule has 3 aromatic heterocycles. The highest BCUT2D eigenvalue weighted by molar-refractivity contribution is 5.88. The minimum atomic E-state index is -0.261. The highest BCUT2D eigenvalue weighted by Crippen LogP contribution is 2.20. The first-order valence-electron chi connectivity index (χ1n) is 9.68. The van der Waals surface area contributed by atoms with Crippen LogP contribution in [-0.4, -0.2) is 36.9 Å². The van der Waals surface area contributed by atoms with Gasteiger partial charge in [0, 0.05) is 23.9 Å². The van der Waals surface area contributed by atoms with Crippen LogP contribution in [0.4, 0.5) is 10.6 Å². The molecule has 0 bridgehead atoms. The van der Waals surface area contributed by atoms with Crippen molar-refractivity contribution in [1.29, 1.82) is 0 Å². The van der Waals surface area contributed by atoms with E-state index in [1.165, 1.54) is 0 Å². The maximum atomic E-state index is 11.9. The number of amides is 2. The second-order valence-corrected chi connectivity index (χ2v) is 7.01. The zero-order valence-electron chi connectivity index (χ0n) is 16.0. The average Bonchev–Trinajstić information content (AvgIpc) is 3.49. The zero-order valence-corrected chi connectivity index (χ0v) is 16.0. The van der Waals surface area contributed by atoms with E-state index in [4.69, 9.17) is 4.74 Å². The Morgan fingerprint density at radius 1 is 1.10 bits per heavy atom. The van der Waals surface area contributed by atoms with Gasteiger partial charge in [-0.2, -0.15) is 9.61 Å². The first kappa shape index (κ1) is 18.0. The van der Waals surface area contributed by atoms with E-state index < -0.39 is 0 Å². The molecule has 0 atom stereocenters. The van der Waals surface area contributed by atoms with Crippen molar-refractivity contribution in [2.45, 2.75) is 25.5 Å². The van der Waals surface area contributed by atoms with Crippen LogP contribution in [0.2, 0.25) is 0 Å². The van der Waals surface area contributed by atoms with Gasteiger partial charge in [0.15, 0.2) is 11.5 Å². The Labute approximate surface area is 172 Å². The Bertz CT molecular complexity index is 1190. The summed E-state index contributed by atoms with van der Waals surface area (Å²) in [5.41, 5.74) is 2.47. The van der Waals surface area contributed by atoms with E-state index in [2.05, 4.69) is 30.9 Å². The van der Waals surface area contributed by atoms with Crippen molar-refractivity contribution in [3.63, 3.8) is 0 Å². The highest BCUT2D eigenvalue weighted by atomic mass is 16.5. The number of carbonyl (C=O) groups is 1. The molecular formula is C21H19N7O2. The molecule has 150 valence electrons. The van der Waals surface area contributed by atoms with Gasteiger partial charge in [0.1, 0.15) is 18.2 Å². The van der Waals surface area contributed by atoms with Crippen LogP contribution in [0.1, 0.15) is 18.7 Å². The van der Waals surface area contributed by atoms with Gasteiger partial charge in [-0.25, -0.2) is 9.78 Å². The first-order valence-corrected chi connectivity index (χ1v) is 9.68. The summed E-state index contributed by atoms with van der Waals surface area (Å²) >= 11 is 0. The summed E-state index contributed by atoms with van der Waals surface area (Å²) in [7, 11) is 0. The molecule has 1 fully saturated rings. The van der Waals surface area contributed by atoms with Crippen molar-refractivity contribution in [2.24, 2.45) is 0 Å². The van der Waals surface area contributed by atoms with Crippen LogP contribution < -0.4 is 15.4 Å². The fourth-order valence-electron chi connectivity index (χ4n) is 2.97. The van der Waals surface area contributed by atoms with Gasteiger partial charge in [-0.1, -0.05) is 30.3 Å². The molecule has 30 heavy (non-hydrogen) atoms. The largest absolute Gasteiger partial charge is 0.485 e. The number of benzene rings is 1. The van der Waals surface area contributed by atoms with E-state index in [0.29, 0.717) is 23.0 Å². The molecule has 2 N–H and O–H groups in total. The smallest absolute Gasteiger partial charge is 0.320 e. The predicted molar refractivity (Wildman–Crippen MR) is 110 cm³/mol. The number of pyridine rings is 1. The molecule has 3 heterocycles. The number of urea groups is 1.